The van der Waals surface area contributed by atoms with Gasteiger partial charge in [0, 0.05) is 11.8 Å². The van der Waals surface area contributed by atoms with Gasteiger partial charge in [0.15, 0.2) is 4.34 Å². The molecule has 1 aromatic heterocycles. The number of aromatic nitrogens is 2. The van der Waals surface area contributed by atoms with Gasteiger partial charge in [0.1, 0.15) is 5.75 Å². The molecule has 0 spiro atoms. The lowest BCUT2D eigenvalue weighted by Gasteiger charge is -2.09. The number of rotatable bonds is 8. The number of alkyl halides is 3. The van der Waals surface area contributed by atoms with Crippen LogP contribution >= 0.6 is 23.1 Å². The second kappa shape index (κ2) is 9.82. The van der Waals surface area contributed by atoms with E-state index in [0.717, 1.165) is 35.2 Å². The molecule has 0 unspecified atom stereocenters. The van der Waals surface area contributed by atoms with Gasteiger partial charge in [0.2, 0.25) is 11.0 Å². The van der Waals surface area contributed by atoms with E-state index in [1.165, 1.54) is 24.3 Å². The van der Waals surface area contributed by atoms with Gasteiger partial charge in [-0.15, -0.1) is 23.4 Å². The van der Waals surface area contributed by atoms with Crippen molar-refractivity contribution in [2.45, 2.75) is 17.6 Å². The summed E-state index contributed by atoms with van der Waals surface area (Å²) in [6, 6.07) is 9.52. The molecule has 0 fully saturated rings. The minimum absolute atomic E-state index is 0.000241. The fourth-order valence-electron chi connectivity index (χ4n) is 2.45. The van der Waals surface area contributed by atoms with E-state index >= 15 is 0 Å². The third kappa shape index (κ3) is 6.55. The zero-order chi connectivity index (χ0) is 23.3. The number of halogens is 3. The Morgan fingerprint density at radius 1 is 1.22 bits per heavy atom. The van der Waals surface area contributed by atoms with Crippen LogP contribution in [-0.4, -0.2) is 33.1 Å². The van der Waals surface area contributed by atoms with E-state index in [0.29, 0.717) is 26.4 Å². The molecule has 0 aliphatic heterocycles. The molecule has 9 nitrogen and oxygen atoms in total. The molecule has 0 aliphatic carbocycles. The maximum atomic E-state index is 12.2. The average molecular weight is 485 g/mol. The highest BCUT2D eigenvalue weighted by Crippen LogP contribution is 2.30. The molecular weight excluding hydrogens is 471 g/mol. The lowest BCUT2D eigenvalue weighted by molar-refractivity contribution is -0.385. The van der Waals surface area contributed by atoms with Gasteiger partial charge in [-0.25, -0.2) is 0 Å². The standard InChI is InChI=1S/C18H14F3N5O4S2/c1-10-13(3-2-4-14(10)26(28)29)23-15(27)9-31-17-25-24-16(32-17)22-11-5-7-12(8-6-11)30-18(19,20)21/h2-8H,9H2,1H3,(H,22,24)(H,23,27). The van der Waals surface area contributed by atoms with E-state index in [9.17, 15) is 28.1 Å². The van der Waals surface area contributed by atoms with Crippen molar-refractivity contribution in [3.63, 3.8) is 0 Å². The van der Waals surface area contributed by atoms with E-state index in [-0.39, 0.29) is 23.1 Å². The van der Waals surface area contributed by atoms with Gasteiger partial charge in [-0.1, -0.05) is 29.2 Å². The summed E-state index contributed by atoms with van der Waals surface area (Å²) in [7, 11) is 0. The van der Waals surface area contributed by atoms with Crippen LogP contribution in [0.2, 0.25) is 0 Å². The lowest BCUT2D eigenvalue weighted by atomic mass is 10.1. The third-order valence-corrected chi connectivity index (χ3v) is 5.82. The number of nitrogens with zero attached hydrogens (tertiary/aromatic N) is 3. The minimum atomic E-state index is -4.76. The zero-order valence-corrected chi connectivity index (χ0v) is 17.8. The second-order valence-corrected chi connectivity index (χ2v) is 8.31. The van der Waals surface area contributed by atoms with Crippen LogP contribution in [-0.2, 0) is 4.79 Å². The number of nitro benzene ring substituents is 1. The molecule has 2 aromatic carbocycles. The van der Waals surface area contributed by atoms with Crippen molar-refractivity contribution in [2.75, 3.05) is 16.4 Å². The zero-order valence-electron chi connectivity index (χ0n) is 16.2. The molecule has 168 valence electrons. The van der Waals surface area contributed by atoms with Gasteiger partial charge in [0.05, 0.1) is 21.9 Å². The van der Waals surface area contributed by atoms with Crippen molar-refractivity contribution in [2.24, 2.45) is 0 Å². The molecule has 1 amide bonds. The number of nitrogens with one attached hydrogen (secondary N) is 2. The van der Waals surface area contributed by atoms with E-state index in [1.54, 1.807) is 13.0 Å². The molecule has 14 heteroatoms. The van der Waals surface area contributed by atoms with E-state index in [4.69, 9.17) is 0 Å². The Morgan fingerprint density at radius 2 is 1.94 bits per heavy atom. The van der Waals surface area contributed by atoms with Crippen molar-refractivity contribution in [3.8, 4) is 5.75 Å². The monoisotopic (exact) mass is 485 g/mol. The number of carbonyl (C=O) groups is 1. The van der Waals surface area contributed by atoms with Crippen LogP contribution in [0.4, 0.5) is 35.4 Å². The summed E-state index contributed by atoms with van der Waals surface area (Å²) < 4.78 is 40.9. The highest BCUT2D eigenvalue weighted by Gasteiger charge is 2.31. The number of amides is 1. The molecule has 0 saturated heterocycles. The Kier molecular flexibility index (Phi) is 7.15. The number of nitro groups is 1. The summed E-state index contributed by atoms with van der Waals surface area (Å²) in [5.74, 6) is -0.717. The van der Waals surface area contributed by atoms with Crippen molar-refractivity contribution in [3.05, 3.63) is 58.1 Å². The Labute approximate surface area is 187 Å². The molecule has 0 bridgehead atoms. The van der Waals surface area contributed by atoms with Crippen LogP contribution in [0, 0.1) is 17.0 Å². The van der Waals surface area contributed by atoms with E-state index in [1.807, 2.05) is 0 Å². The summed E-state index contributed by atoms with van der Waals surface area (Å²) in [5, 5.41) is 24.8. The summed E-state index contributed by atoms with van der Waals surface area (Å²) >= 11 is 2.27. The fourth-order valence-corrected chi connectivity index (χ4v) is 4.02. The molecule has 32 heavy (non-hydrogen) atoms. The average Bonchev–Trinajstić information content (AvgIpc) is 3.15. The largest absolute Gasteiger partial charge is 0.573 e. The summed E-state index contributed by atoms with van der Waals surface area (Å²) in [5.41, 5.74) is 1.09. The van der Waals surface area contributed by atoms with E-state index < -0.39 is 11.3 Å². The predicted octanol–water partition coefficient (Wildman–Crippen LogP) is 5.13. The summed E-state index contributed by atoms with van der Waals surface area (Å²) in [6.07, 6.45) is -4.76. The lowest BCUT2D eigenvalue weighted by Crippen LogP contribution is -2.16. The van der Waals surface area contributed by atoms with Gasteiger partial charge in [-0.05, 0) is 37.3 Å². The van der Waals surface area contributed by atoms with Crippen molar-refractivity contribution in [1.29, 1.82) is 0 Å². The highest BCUT2D eigenvalue weighted by molar-refractivity contribution is 8.01. The Bertz CT molecular complexity index is 1120. The van der Waals surface area contributed by atoms with Crippen LogP contribution in [0.15, 0.2) is 46.8 Å². The molecule has 2 N–H and O–H groups in total. The number of ether oxygens (including phenoxy) is 1. The number of hydrogen-bond donors (Lipinski definition) is 2. The molecule has 3 rings (SSSR count). The van der Waals surface area contributed by atoms with Crippen LogP contribution in [0.5, 0.6) is 5.75 Å². The number of thioether (sulfide) groups is 1. The maximum Gasteiger partial charge on any atom is 0.573 e. The Hall–Kier alpha value is -3.39. The Morgan fingerprint density at radius 3 is 2.59 bits per heavy atom. The smallest absolute Gasteiger partial charge is 0.406 e. The maximum absolute atomic E-state index is 12.2. The number of anilines is 3. The SMILES string of the molecule is Cc1c(NC(=O)CSc2nnc(Nc3ccc(OC(F)(F)F)cc3)s2)cccc1[N+](=O)[O-]. The third-order valence-electron chi connectivity index (χ3n) is 3.85. The van der Waals surface area contributed by atoms with Crippen molar-refractivity contribution in [1.82, 2.24) is 10.2 Å². The first-order valence-corrected chi connectivity index (χ1v) is 10.5. The van der Waals surface area contributed by atoms with Gasteiger partial charge < -0.3 is 15.4 Å². The molecule has 1 heterocycles. The molecule has 3 aromatic rings. The topological polar surface area (TPSA) is 119 Å². The summed E-state index contributed by atoms with van der Waals surface area (Å²) in [4.78, 5) is 22.7. The van der Waals surface area contributed by atoms with Crippen LogP contribution in [0.1, 0.15) is 5.56 Å². The first-order valence-electron chi connectivity index (χ1n) is 8.74. The normalized spacial score (nSPS) is 11.1. The minimum Gasteiger partial charge on any atom is -0.406 e. The quantitative estimate of drug-likeness (QED) is 0.256. The molecule has 0 aliphatic rings. The number of benzene rings is 2. The van der Waals surface area contributed by atoms with Gasteiger partial charge in [-0.3, -0.25) is 14.9 Å². The van der Waals surface area contributed by atoms with Crippen LogP contribution in [0.25, 0.3) is 0 Å². The molecule has 0 atom stereocenters. The summed E-state index contributed by atoms with van der Waals surface area (Å²) in [6.45, 7) is 1.55. The number of carbonyl (C=O) groups excluding carboxylic acids is 1. The fraction of sp³-hybridized carbons (Fsp3) is 0.167. The highest BCUT2D eigenvalue weighted by atomic mass is 32.2. The second-order valence-electron chi connectivity index (χ2n) is 6.11. The van der Waals surface area contributed by atoms with Crippen LogP contribution in [0.3, 0.4) is 0 Å². The first-order chi connectivity index (χ1) is 15.1. The van der Waals surface area contributed by atoms with Crippen LogP contribution < -0.4 is 15.4 Å². The Balaban J connectivity index is 1.53. The number of hydrogen-bond acceptors (Lipinski definition) is 9. The van der Waals surface area contributed by atoms with Crippen molar-refractivity contribution >= 4 is 51.2 Å². The van der Waals surface area contributed by atoms with Gasteiger partial charge >= 0.3 is 6.36 Å². The first kappa shape index (κ1) is 23.3. The molecule has 0 radical (unpaired) electrons. The van der Waals surface area contributed by atoms with Crippen molar-refractivity contribution < 1.29 is 27.6 Å². The van der Waals surface area contributed by atoms with Gasteiger partial charge in [0.25, 0.3) is 5.69 Å². The van der Waals surface area contributed by atoms with Gasteiger partial charge in [-0.2, -0.15) is 0 Å². The molecule has 0 saturated carbocycles. The molecular formula is C18H14F3N5O4S2. The van der Waals surface area contributed by atoms with E-state index in [2.05, 4.69) is 25.6 Å². The predicted molar refractivity (Wildman–Crippen MR) is 114 cm³/mol.